The van der Waals surface area contributed by atoms with E-state index in [0.717, 1.165) is 11.1 Å². The average Bonchev–Trinajstić information content (AvgIpc) is 2.43. The Morgan fingerprint density at radius 3 is 2.28 bits per heavy atom. The molecule has 0 aliphatic carbocycles. The standard InChI is InChI=1S/C11H11NO2.2C2H6/c1-7(13)10-11(14)9-5-3-2-4-8(9)6-12-10;2*1-2/h2-5,12,14H,6H2,1H3;2*1-2H3. The molecule has 3 nitrogen and oxygen atoms in total. The van der Waals surface area contributed by atoms with E-state index in [9.17, 15) is 9.90 Å². The fraction of sp³-hybridized carbons (Fsp3) is 0.400. The molecule has 0 aromatic heterocycles. The first-order valence-electron chi connectivity index (χ1n) is 6.46. The van der Waals surface area contributed by atoms with E-state index >= 15 is 0 Å². The van der Waals surface area contributed by atoms with Gasteiger partial charge in [-0.15, -0.1) is 0 Å². The molecule has 0 atom stereocenters. The van der Waals surface area contributed by atoms with Gasteiger partial charge in [0.05, 0.1) is 0 Å². The molecule has 1 aliphatic heterocycles. The van der Waals surface area contributed by atoms with E-state index in [1.807, 2.05) is 52.0 Å². The Kier molecular flexibility index (Phi) is 7.52. The molecule has 1 aromatic carbocycles. The van der Waals surface area contributed by atoms with Crippen molar-refractivity contribution < 1.29 is 9.90 Å². The summed E-state index contributed by atoms with van der Waals surface area (Å²) in [5.74, 6) is -0.0867. The van der Waals surface area contributed by atoms with Crippen LogP contribution in [0.15, 0.2) is 30.0 Å². The highest BCUT2D eigenvalue weighted by molar-refractivity contribution is 5.99. The molecule has 2 rings (SSSR count). The van der Waals surface area contributed by atoms with Crippen LogP contribution in [0.5, 0.6) is 0 Å². The van der Waals surface area contributed by atoms with Gasteiger partial charge in [0.2, 0.25) is 0 Å². The van der Waals surface area contributed by atoms with Crippen LogP contribution in [-0.2, 0) is 11.3 Å². The summed E-state index contributed by atoms with van der Waals surface area (Å²) in [5, 5.41) is 12.7. The number of fused-ring (bicyclic) bond motifs is 1. The number of hydrogen-bond acceptors (Lipinski definition) is 3. The van der Waals surface area contributed by atoms with Crippen LogP contribution in [0.1, 0.15) is 45.7 Å². The molecule has 0 saturated heterocycles. The van der Waals surface area contributed by atoms with Crippen LogP contribution >= 0.6 is 0 Å². The van der Waals surface area contributed by atoms with Gasteiger partial charge in [0.25, 0.3) is 0 Å². The molecule has 1 aromatic rings. The minimum Gasteiger partial charge on any atom is -0.505 e. The maximum Gasteiger partial charge on any atom is 0.179 e. The highest BCUT2D eigenvalue weighted by Gasteiger charge is 2.19. The number of carbonyl (C=O) groups is 1. The van der Waals surface area contributed by atoms with E-state index in [-0.39, 0.29) is 11.5 Å². The van der Waals surface area contributed by atoms with Crippen molar-refractivity contribution in [3.05, 3.63) is 41.1 Å². The van der Waals surface area contributed by atoms with Crippen LogP contribution in [0, 0.1) is 0 Å². The van der Waals surface area contributed by atoms with Crippen LogP contribution in [0.25, 0.3) is 5.76 Å². The van der Waals surface area contributed by atoms with E-state index in [2.05, 4.69) is 5.32 Å². The predicted molar refractivity (Wildman–Crippen MR) is 76.2 cm³/mol. The molecule has 18 heavy (non-hydrogen) atoms. The van der Waals surface area contributed by atoms with Crippen molar-refractivity contribution in [2.24, 2.45) is 0 Å². The van der Waals surface area contributed by atoms with Gasteiger partial charge >= 0.3 is 0 Å². The number of benzene rings is 1. The molecule has 2 N–H and O–H groups in total. The predicted octanol–water partition coefficient (Wildman–Crippen LogP) is 3.66. The van der Waals surface area contributed by atoms with Gasteiger partial charge < -0.3 is 10.4 Å². The summed E-state index contributed by atoms with van der Waals surface area (Å²) in [7, 11) is 0. The number of aliphatic hydroxyl groups is 1. The van der Waals surface area contributed by atoms with Crippen molar-refractivity contribution in [3.8, 4) is 0 Å². The van der Waals surface area contributed by atoms with E-state index in [4.69, 9.17) is 0 Å². The lowest BCUT2D eigenvalue weighted by Gasteiger charge is -2.19. The smallest absolute Gasteiger partial charge is 0.179 e. The zero-order valence-electron chi connectivity index (χ0n) is 11.9. The van der Waals surface area contributed by atoms with Crippen molar-refractivity contribution in [1.29, 1.82) is 0 Å². The molecule has 0 unspecified atom stereocenters. The number of ketones is 1. The van der Waals surface area contributed by atoms with E-state index in [1.54, 1.807) is 0 Å². The monoisotopic (exact) mass is 249 g/mol. The van der Waals surface area contributed by atoms with Crippen molar-refractivity contribution >= 4 is 11.5 Å². The first-order valence-corrected chi connectivity index (χ1v) is 6.46. The maximum atomic E-state index is 11.1. The molecule has 0 fully saturated rings. The quantitative estimate of drug-likeness (QED) is 0.798. The average molecular weight is 249 g/mol. The third-order valence-corrected chi connectivity index (χ3v) is 2.32. The zero-order chi connectivity index (χ0) is 14.1. The van der Waals surface area contributed by atoms with E-state index in [1.165, 1.54) is 6.92 Å². The van der Waals surface area contributed by atoms with Gasteiger partial charge in [0.1, 0.15) is 11.5 Å². The lowest BCUT2D eigenvalue weighted by Crippen LogP contribution is -2.25. The molecule has 0 radical (unpaired) electrons. The summed E-state index contributed by atoms with van der Waals surface area (Å²) in [6, 6.07) is 7.49. The second kappa shape index (κ2) is 8.34. The van der Waals surface area contributed by atoms with Crippen molar-refractivity contribution in [1.82, 2.24) is 5.32 Å². The molecule has 3 heteroatoms. The van der Waals surface area contributed by atoms with Gasteiger partial charge in [-0.3, -0.25) is 4.79 Å². The largest absolute Gasteiger partial charge is 0.505 e. The molecular weight excluding hydrogens is 226 g/mol. The fourth-order valence-corrected chi connectivity index (χ4v) is 1.60. The number of aliphatic hydroxyl groups excluding tert-OH is 1. The van der Waals surface area contributed by atoms with Crippen molar-refractivity contribution in [3.63, 3.8) is 0 Å². The lowest BCUT2D eigenvalue weighted by molar-refractivity contribution is -0.114. The summed E-state index contributed by atoms with van der Waals surface area (Å²) in [4.78, 5) is 11.1. The van der Waals surface area contributed by atoms with Crippen molar-refractivity contribution in [2.75, 3.05) is 0 Å². The van der Waals surface area contributed by atoms with Gasteiger partial charge in [-0.25, -0.2) is 0 Å². The highest BCUT2D eigenvalue weighted by Crippen LogP contribution is 2.23. The molecule has 0 bridgehead atoms. The molecular formula is C15H23NO2. The normalized spacial score (nSPS) is 12.1. The Morgan fingerprint density at radius 2 is 1.72 bits per heavy atom. The number of carbonyl (C=O) groups excluding carboxylic acids is 1. The topological polar surface area (TPSA) is 49.3 Å². The Morgan fingerprint density at radius 1 is 1.17 bits per heavy atom. The first-order chi connectivity index (χ1) is 8.70. The Labute approximate surface area is 110 Å². The lowest BCUT2D eigenvalue weighted by atomic mass is 10.00. The van der Waals surface area contributed by atoms with Gasteiger partial charge in [0, 0.05) is 19.0 Å². The fourth-order valence-electron chi connectivity index (χ4n) is 1.60. The Bertz CT molecular complexity index is 422. The molecule has 100 valence electrons. The number of hydrogen-bond donors (Lipinski definition) is 2. The van der Waals surface area contributed by atoms with Crippen molar-refractivity contribution in [2.45, 2.75) is 41.2 Å². The highest BCUT2D eigenvalue weighted by atomic mass is 16.3. The summed E-state index contributed by atoms with van der Waals surface area (Å²) >= 11 is 0. The SMILES string of the molecule is CC.CC.CC(=O)C1=C(O)c2ccccc2CN1. The summed E-state index contributed by atoms with van der Waals surface area (Å²) in [6.45, 7) is 10.0. The third kappa shape index (κ3) is 3.62. The maximum absolute atomic E-state index is 11.1. The Balaban J connectivity index is 0.000000659. The van der Waals surface area contributed by atoms with E-state index in [0.29, 0.717) is 12.2 Å². The van der Waals surface area contributed by atoms with Gasteiger partial charge in [0.15, 0.2) is 5.78 Å². The van der Waals surface area contributed by atoms with Gasteiger partial charge in [-0.1, -0.05) is 52.0 Å². The van der Waals surface area contributed by atoms with Gasteiger partial charge in [-0.05, 0) is 5.56 Å². The second-order valence-corrected chi connectivity index (χ2v) is 3.29. The van der Waals surface area contributed by atoms with Crippen LogP contribution in [0.2, 0.25) is 0 Å². The van der Waals surface area contributed by atoms with E-state index < -0.39 is 0 Å². The molecule has 1 aliphatic rings. The second-order valence-electron chi connectivity index (χ2n) is 3.29. The third-order valence-electron chi connectivity index (χ3n) is 2.32. The molecule has 0 spiro atoms. The van der Waals surface area contributed by atoms with Crippen LogP contribution in [-0.4, -0.2) is 10.9 Å². The first kappa shape index (κ1) is 16.2. The summed E-state index contributed by atoms with van der Waals surface area (Å²) < 4.78 is 0. The number of nitrogens with one attached hydrogen (secondary N) is 1. The number of rotatable bonds is 1. The molecule has 1 heterocycles. The van der Waals surface area contributed by atoms with Crippen LogP contribution < -0.4 is 5.32 Å². The molecule has 0 amide bonds. The zero-order valence-corrected chi connectivity index (χ0v) is 11.9. The number of allylic oxidation sites excluding steroid dienone is 1. The minimum atomic E-state index is -0.142. The van der Waals surface area contributed by atoms with Gasteiger partial charge in [-0.2, -0.15) is 0 Å². The minimum absolute atomic E-state index is 0.0550. The number of Topliss-reactive ketones (excluding diaryl/α,β-unsaturated/α-hetero) is 1. The molecule has 0 saturated carbocycles. The Hall–Kier alpha value is -1.77. The summed E-state index contributed by atoms with van der Waals surface area (Å²) in [5.41, 5.74) is 2.06. The van der Waals surface area contributed by atoms with Crippen LogP contribution in [0.3, 0.4) is 0 Å². The van der Waals surface area contributed by atoms with Crippen LogP contribution in [0.4, 0.5) is 0 Å². The summed E-state index contributed by atoms with van der Waals surface area (Å²) in [6.07, 6.45) is 0.